The number of aliphatic hydroxyl groups excluding tert-OH is 1. The summed E-state index contributed by atoms with van der Waals surface area (Å²) in [5, 5.41) is 11.1. The molecule has 0 amide bonds. The minimum absolute atomic E-state index is 0.275. The van der Waals surface area contributed by atoms with Gasteiger partial charge in [0.05, 0.1) is 13.2 Å². The number of hydrogen-bond donors (Lipinski definition) is 2. The Hall–Kier alpha value is -1.20. The number of aliphatic hydroxyl groups is 1. The molecule has 1 heterocycles. The van der Waals surface area contributed by atoms with Crippen LogP contribution < -0.4 is 5.73 Å². The summed E-state index contributed by atoms with van der Waals surface area (Å²) in [6.45, 7) is 2.55. The Morgan fingerprint density at radius 2 is 2.15 bits per heavy atom. The smallest absolute Gasteiger partial charge is 0.0809 e. The summed E-state index contributed by atoms with van der Waals surface area (Å²) in [4.78, 5) is 1.31. The SMILES string of the molecule is NC[C@H](CCCCO)c1ccc2c(c1)CC[C@@H](COCc1cccs1)C2. The second kappa shape index (κ2) is 10.2. The zero-order valence-electron chi connectivity index (χ0n) is 15.5. The third-order valence-corrected chi connectivity index (χ3v) is 6.31. The highest BCUT2D eigenvalue weighted by Crippen LogP contribution is 2.30. The Morgan fingerprint density at radius 1 is 1.23 bits per heavy atom. The molecule has 1 aromatic heterocycles. The van der Waals surface area contributed by atoms with Gasteiger partial charge in [-0.1, -0.05) is 30.7 Å². The Bertz CT molecular complexity index is 656. The Kier molecular flexibility index (Phi) is 7.69. The van der Waals surface area contributed by atoms with Crippen LogP contribution in [0.2, 0.25) is 0 Å². The number of hydrogen-bond acceptors (Lipinski definition) is 4. The fraction of sp³-hybridized carbons (Fsp3) is 0.545. The van der Waals surface area contributed by atoms with Crippen molar-refractivity contribution in [3.63, 3.8) is 0 Å². The average Bonchev–Trinajstić information content (AvgIpc) is 3.18. The number of unbranched alkanes of at least 4 members (excludes halogenated alkanes) is 1. The lowest BCUT2D eigenvalue weighted by molar-refractivity contribution is 0.0840. The summed E-state index contributed by atoms with van der Waals surface area (Å²) in [6.07, 6.45) is 6.45. The molecule has 0 saturated heterocycles. The fourth-order valence-corrected chi connectivity index (χ4v) is 4.53. The zero-order chi connectivity index (χ0) is 18.2. The average molecular weight is 374 g/mol. The van der Waals surface area contributed by atoms with Gasteiger partial charge < -0.3 is 15.6 Å². The van der Waals surface area contributed by atoms with E-state index >= 15 is 0 Å². The Labute approximate surface area is 161 Å². The van der Waals surface area contributed by atoms with E-state index in [-0.39, 0.29) is 6.61 Å². The Morgan fingerprint density at radius 3 is 2.92 bits per heavy atom. The van der Waals surface area contributed by atoms with Gasteiger partial charge in [0, 0.05) is 11.5 Å². The number of fused-ring (bicyclic) bond motifs is 1. The quantitative estimate of drug-likeness (QED) is 0.611. The Balaban J connectivity index is 1.53. The number of rotatable bonds is 10. The van der Waals surface area contributed by atoms with Crippen molar-refractivity contribution in [2.75, 3.05) is 19.8 Å². The number of thiophene rings is 1. The summed E-state index contributed by atoms with van der Waals surface area (Å²) in [5.41, 5.74) is 10.4. The first-order valence-electron chi connectivity index (χ1n) is 9.83. The molecule has 3 N–H and O–H groups in total. The van der Waals surface area contributed by atoms with Gasteiger partial charge in [-0.25, -0.2) is 0 Å². The highest BCUT2D eigenvalue weighted by atomic mass is 32.1. The van der Waals surface area contributed by atoms with Crippen LogP contribution in [0.3, 0.4) is 0 Å². The molecular weight excluding hydrogens is 342 g/mol. The summed E-state index contributed by atoms with van der Waals surface area (Å²) in [6, 6.07) is 11.2. The molecule has 142 valence electrons. The molecule has 1 aliphatic carbocycles. The number of benzene rings is 1. The molecule has 1 aliphatic rings. The van der Waals surface area contributed by atoms with Crippen LogP contribution in [0, 0.1) is 5.92 Å². The lowest BCUT2D eigenvalue weighted by Crippen LogP contribution is -2.20. The van der Waals surface area contributed by atoms with E-state index in [4.69, 9.17) is 15.6 Å². The molecule has 0 bridgehead atoms. The first-order valence-corrected chi connectivity index (χ1v) is 10.7. The van der Waals surface area contributed by atoms with Gasteiger partial charge in [0.2, 0.25) is 0 Å². The molecule has 0 fully saturated rings. The van der Waals surface area contributed by atoms with Crippen molar-refractivity contribution in [2.24, 2.45) is 11.7 Å². The van der Waals surface area contributed by atoms with Gasteiger partial charge in [0.1, 0.15) is 0 Å². The van der Waals surface area contributed by atoms with Crippen LogP contribution in [-0.2, 0) is 24.2 Å². The minimum atomic E-state index is 0.275. The van der Waals surface area contributed by atoms with E-state index in [1.54, 1.807) is 11.3 Å². The molecular formula is C22H31NO2S. The highest BCUT2D eigenvalue weighted by molar-refractivity contribution is 7.09. The van der Waals surface area contributed by atoms with E-state index in [1.807, 2.05) is 0 Å². The molecule has 1 aromatic carbocycles. The molecule has 26 heavy (non-hydrogen) atoms. The van der Waals surface area contributed by atoms with Crippen LogP contribution in [0.25, 0.3) is 0 Å². The molecule has 2 atom stereocenters. The first-order chi connectivity index (χ1) is 12.8. The predicted octanol–water partition coefficient (Wildman–Crippen LogP) is 4.27. The molecule has 0 spiro atoms. The lowest BCUT2D eigenvalue weighted by atomic mass is 9.81. The van der Waals surface area contributed by atoms with Crippen LogP contribution in [0.1, 0.15) is 53.2 Å². The van der Waals surface area contributed by atoms with E-state index in [0.717, 1.165) is 45.3 Å². The van der Waals surface area contributed by atoms with Crippen molar-refractivity contribution in [3.05, 3.63) is 57.3 Å². The molecule has 4 heteroatoms. The second-order valence-electron chi connectivity index (χ2n) is 7.38. The van der Waals surface area contributed by atoms with Crippen molar-refractivity contribution in [1.29, 1.82) is 0 Å². The summed E-state index contributed by atoms with van der Waals surface area (Å²) in [5.74, 6) is 1.04. The maximum Gasteiger partial charge on any atom is 0.0809 e. The van der Waals surface area contributed by atoms with Gasteiger partial charge in [-0.15, -0.1) is 11.3 Å². The molecule has 0 saturated carbocycles. The molecule has 3 nitrogen and oxygen atoms in total. The second-order valence-corrected chi connectivity index (χ2v) is 8.42. The van der Waals surface area contributed by atoms with E-state index in [2.05, 4.69) is 35.7 Å². The van der Waals surface area contributed by atoms with Crippen molar-refractivity contribution in [1.82, 2.24) is 0 Å². The molecule has 2 aromatic rings. The van der Waals surface area contributed by atoms with E-state index in [0.29, 0.717) is 18.4 Å². The third-order valence-electron chi connectivity index (χ3n) is 5.46. The maximum atomic E-state index is 8.98. The largest absolute Gasteiger partial charge is 0.396 e. The molecule has 0 radical (unpaired) electrons. The standard InChI is InChI=1S/C22H31NO2S/c23-14-21(4-1-2-10-24)20-9-8-18-12-17(6-7-19(18)13-20)15-25-16-22-5-3-11-26-22/h3,5,8-9,11,13,17,21,24H,1-2,4,6-7,10,12,14-16,23H2/t17-,21+/m1/s1. The zero-order valence-corrected chi connectivity index (χ0v) is 16.3. The maximum absolute atomic E-state index is 8.98. The van der Waals surface area contributed by atoms with Gasteiger partial charge in [0.25, 0.3) is 0 Å². The van der Waals surface area contributed by atoms with E-state index in [1.165, 1.54) is 28.0 Å². The van der Waals surface area contributed by atoms with E-state index < -0.39 is 0 Å². The van der Waals surface area contributed by atoms with Gasteiger partial charge in [0.15, 0.2) is 0 Å². The molecule has 3 rings (SSSR count). The number of nitrogens with two attached hydrogens (primary N) is 1. The lowest BCUT2D eigenvalue weighted by Gasteiger charge is -2.26. The summed E-state index contributed by atoms with van der Waals surface area (Å²) < 4.78 is 5.94. The van der Waals surface area contributed by atoms with Crippen LogP contribution in [0.15, 0.2) is 35.7 Å². The van der Waals surface area contributed by atoms with E-state index in [9.17, 15) is 0 Å². The van der Waals surface area contributed by atoms with Crippen LogP contribution in [-0.4, -0.2) is 24.9 Å². The predicted molar refractivity (Wildman–Crippen MR) is 109 cm³/mol. The van der Waals surface area contributed by atoms with Crippen LogP contribution >= 0.6 is 11.3 Å². The van der Waals surface area contributed by atoms with Gasteiger partial charge in [-0.3, -0.25) is 0 Å². The summed E-state index contributed by atoms with van der Waals surface area (Å²) >= 11 is 1.76. The summed E-state index contributed by atoms with van der Waals surface area (Å²) in [7, 11) is 0. The van der Waals surface area contributed by atoms with Crippen LogP contribution in [0.5, 0.6) is 0 Å². The molecule has 0 unspecified atom stereocenters. The van der Waals surface area contributed by atoms with Crippen molar-refractivity contribution < 1.29 is 9.84 Å². The monoisotopic (exact) mass is 373 g/mol. The normalized spacial score (nSPS) is 17.8. The van der Waals surface area contributed by atoms with Gasteiger partial charge in [-0.2, -0.15) is 0 Å². The van der Waals surface area contributed by atoms with Crippen molar-refractivity contribution in [2.45, 2.75) is 51.0 Å². The van der Waals surface area contributed by atoms with Gasteiger partial charge in [-0.05, 0) is 78.6 Å². The highest BCUT2D eigenvalue weighted by Gasteiger charge is 2.20. The number of aryl methyl sites for hydroxylation is 1. The topological polar surface area (TPSA) is 55.5 Å². The first kappa shape index (κ1) is 19.6. The third kappa shape index (κ3) is 5.40. The van der Waals surface area contributed by atoms with Gasteiger partial charge >= 0.3 is 0 Å². The van der Waals surface area contributed by atoms with Crippen molar-refractivity contribution in [3.8, 4) is 0 Å². The van der Waals surface area contributed by atoms with Crippen molar-refractivity contribution >= 4 is 11.3 Å². The number of ether oxygens (including phenoxy) is 1. The fourth-order valence-electron chi connectivity index (χ4n) is 3.89. The van der Waals surface area contributed by atoms with Crippen LogP contribution in [0.4, 0.5) is 0 Å². The minimum Gasteiger partial charge on any atom is -0.396 e. The molecule has 0 aliphatic heterocycles.